The molecular weight excluding hydrogens is 684 g/mol. The molecule has 4 aromatic rings. The van der Waals surface area contributed by atoms with Gasteiger partial charge in [-0.2, -0.15) is 26.3 Å². The van der Waals surface area contributed by atoms with Gasteiger partial charge in [0, 0.05) is 30.6 Å². The molecule has 2 heterocycles. The van der Waals surface area contributed by atoms with Crippen LogP contribution in [0.1, 0.15) is 43.1 Å². The molecule has 46 heavy (non-hydrogen) atoms. The molecule has 0 fully saturated rings. The van der Waals surface area contributed by atoms with Crippen molar-refractivity contribution < 1.29 is 45.4 Å². The first kappa shape index (κ1) is 36.0. The van der Waals surface area contributed by atoms with E-state index in [1.807, 2.05) is 0 Å². The molecule has 0 aliphatic rings. The summed E-state index contributed by atoms with van der Waals surface area (Å²) in [6.45, 7) is 1.74. The van der Waals surface area contributed by atoms with Gasteiger partial charge in [0.2, 0.25) is 0 Å². The summed E-state index contributed by atoms with van der Waals surface area (Å²) in [4.78, 5) is 33.9. The standard InChI is InChI=1S/C17H17F3N2O2.C15H11BrF3NO2/c1-10-9-13(16(23)24-4)15(22(2)3)21-14(10)11-5-7-12(8-6-11)17(18,19)20;1-22-14(21)11-6-7-12(20-13(11)8-16)9-2-4-10(5-3-9)15(17,18)19/h5-9H,1-4H3;2-7H,8H2,1H3. The number of ether oxygens (including phenoxy) is 2. The summed E-state index contributed by atoms with van der Waals surface area (Å²) < 4.78 is 85.1. The molecule has 14 heteroatoms. The quantitative estimate of drug-likeness (QED) is 0.113. The fourth-order valence-electron chi connectivity index (χ4n) is 4.20. The van der Waals surface area contributed by atoms with Crippen LogP contribution in [-0.4, -0.2) is 50.2 Å². The molecule has 0 saturated carbocycles. The van der Waals surface area contributed by atoms with Gasteiger partial charge in [-0.3, -0.25) is 4.98 Å². The smallest absolute Gasteiger partial charge is 0.416 e. The molecule has 0 aliphatic heterocycles. The van der Waals surface area contributed by atoms with E-state index < -0.39 is 35.4 Å². The van der Waals surface area contributed by atoms with Crippen LogP contribution >= 0.6 is 15.9 Å². The third kappa shape index (κ3) is 8.62. The molecule has 0 spiro atoms. The van der Waals surface area contributed by atoms with Crippen LogP contribution in [0.25, 0.3) is 22.5 Å². The zero-order valence-electron chi connectivity index (χ0n) is 25.2. The topological polar surface area (TPSA) is 81.6 Å². The molecule has 2 aromatic heterocycles. The van der Waals surface area contributed by atoms with Crippen molar-refractivity contribution in [2.24, 2.45) is 0 Å². The summed E-state index contributed by atoms with van der Waals surface area (Å²) in [6, 6.07) is 14.2. The van der Waals surface area contributed by atoms with Crippen LogP contribution in [0.4, 0.5) is 32.2 Å². The predicted octanol–water partition coefficient (Wildman–Crippen LogP) is 8.38. The highest BCUT2D eigenvalue weighted by Crippen LogP contribution is 2.33. The van der Waals surface area contributed by atoms with Gasteiger partial charge in [0.05, 0.1) is 48.0 Å². The zero-order valence-corrected chi connectivity index (χ0v) is 26.8. The number of carbonyl (C=O) groups is 2. The Kier molecular flexibility index (Phi) is 11.6. The van der Waals surface area contributed by atoms with Gasteiger partial charge in [-0.25, -0.2) is 14.6 Å². The lowest BCUT2D eigenvalue weighted by Gasteiger charge is -2.18. The molecule has 0 atom stereocenters. The fourth-order valence-corrected chi connectivity index (χ4v) is 4.63. The summed E-state index contributed by atoms with van der Waals surface area (Å²) >= 11 is 3.23. The Hall–Kier alpha value is -4.46. The highest BCUT2D eigenvalue weighted by atomic mass is 79.9. The maximum Gasteiger partial charge on any atom is 0.416 e. The molecule has 4 rings (SSSR count). The predicted molar refractivity (Wildman–Crippen MR) is 164 cm³/mol. The summed E-state index contributed by atoms with van der Waals surface area (Å²) in [6.07, 6.45) is -8.76. The second kappa shape index (κ2) is 14.8. The molecule has 0 aliphatic carbocycles. The Bertz CT molecular complexity index is 1690. The third-order valence-electron chi connectivity index (χ3n) is 6.52. The molecule has 0 unspecified atom stereocenters. The van der Waals surface area contributed by atoms with E-state index >= 15 is 0 Å². The molecule has 2 aromatic carbocycles. The van der Waals surface area contributed by atoms with Crippen molar-refractivity contribution in [3.63, 3.8) is 0 Å². The maximum atomic E-state index is 12.7. The van der Waals surface area contributed by atoms with Crippen LogP contribution in [-0.2, 0) is 27.2 Å². The van der Waals surface area contributed by atoms with Gasteiger partial charge in [-0.15, -0.1) is 0 Å². The number of nitrogens with zero attached hydrogens (tertiary/aromatic N) is 3. The van der Waals surface area contributed by atoms with Gasteiger partial charge in [0.25, 0.3) is 0 Å². The molecule has 244 valence electrons. The molecule has 0 radical (unpaired) electrons. The second-order valence-corrected chi connectivity index (χ2v) is 10.4. The number of hydrogen-bond acceptors (Lipinski definition) is 7. The normalized spacial score (nSPS) is 11.3. The van der Waals surface area contributed by atoms with Crippen LogP contribution in [0, 0.1) is 6.92 Å². The average Bonchev–Trinajstić information content (AvgIpc) is 3.03. The first-order valence-corrected chi connectivity index (χ1v) is 14.4. The van der Waals surface area contributed by atoms with E-state index in [-0.39, 0.29) is 0 Å². The molecular formula is C32H28BrF6N3O4. The lowest BCUT2D eigenvalue weighted by Crippen LogP contribution is -2.17. The fraction of sp³-hybridized carbons (Fsp3) is 0.250. The maximum absolute atomic E-state index is 12.7. The Morgan fingerprint density at radius 2 is 1.22 bits per heavy atom. The highest BCUT2D eigenvalue weighted by molar-refractivity contribution is 9.08. The summed E-state index contributed by atoms with van der Waals surface area (Å²) in [7, 11) is 5.99. The second-order valence-electron chi connectivity index (χ2n) is 9.88. The van der Waals surface area contributed by atoms with Crippen LogP contribution < -0.4 is 4.90 Å². The number of esters is 2. The van der Waals surface area contributed by atoms with Gasteiger partial charge in [-0.1, -0.05) is 40.2 Å². The van der Waals surface area contributed by atoms with Gasteiger partial charge in [0.1, 0.15) is 11.4 Å². The van der Waals surface area contributed by atoms with E-state index in [1.54, 1.807) is 44.1 Å². The van der Waals surface area contributed by atoms with Gasteiger partial charge in [0.15, 0.2) is 0 Å². The van der Waals surface area contributed by atoms with Gasteiger partial charge in [-0.05, 0) is 55.0 Å². The number of alkyl halides is 7. The van der Waals surface area contributed by atoms with Crippen LogP contribution in [0.3, 0.4) is 0 Å². The number of carbonyl (C=O) groups excluding carboxylic acids is 2. The number of aryl methyl sites for hydroxylation is 1. The zero-order chi connectivity index (χ0) is 34.4. The van der Waals surface area contributed by atoms with Crippen molar-refractivity contribution in [3.05, 3.63) is 100 Å². The SMILES string of the molecule is COC(=O)c1cc(C)c(-c2ccc(C(F)(F)F)cc2)nc1N(C)C.COC(=O)c1ccc(-c2ccc(C(F)(F)F)cc2)nc1CBr. The number of rotatable bonds is 6. The highest BCUT2D eigenvalue weighted by Gasteiger charge is 2.31. The summed E-state index contributed by atoms with van der Waals surface area (Å²) in [5, 5.41) is 0.325. The number of aromatic nitrogens is 2. The van der Waals surface area contributed by atoms with Crippen LogP contribution in [0.2, 0.25) is 0 Å². The molecule has 0 amide bonds. The van der Waals surface area contributed by atoms with E-state index in [0.29, 0.717) is 56.0 Å². The molecule has 0 saturated heterocycles. The monoisotopic (exact) mass is 711 g/mol. The number of pyridine rings is 2. The van der Waals surface area contributed by atoms with Crippen molar-refractivity contribution in [1.82, 2.24) is 9.97 Å². The van der Waals surface area contributed by atoms with Crippen molar-refractivity contribution in [1.29, 1.82) is 0 Å². The number of methoxy groups -OCH3 is 2. The Labute approximate surface area is 269 Å². The minimum Gasteiger partial charge on any atom is -0.465 e. The van der Waals surface area contributed by atoms with Gasteiger partial charge >= 0.3 is 24.3 Å². The van der Waals surface area contributed by atoms with E-state index in [2.05, 4.69) is 30.6 Å². The Morgan fingerprint density at radius 1 is 0.739 bits per heavy atom. The largest absolute Gasteiger partial charge is 0.465 e. The number of hydrogen-bond donors (Lipinski definition) is 0. The first-order valence-electron chi connectivity index (χ1n) is 13.3. The average molecular weight is 712 g/mol. The van der Waals surface area contributed by atoms with E-state index in [0.717, 1.165) is 24.3 Å². The summed E-state index contributed by atoms with van der Waals surface area (Å²) in [5.41, 5.74) is 2.38. The Balaban J connectivity index is 0.000000251. The van der Waals surface area contributed by atoms with E-state index in [4.69, 9.17) is 4.74 Å². The number of benzene rings is 2. The first-order chi connectivity index (χ1) is 21.5. The van der Waals surface area contributed by atoms with Crippen LogP contribution in [0.15, 0.2) is 66.7 Å². The summed E-state index contributed by atoms with van der Waals surface area (Å²) in [5.74, 6) is -0.642. The lowest BCUT2D eigenvalue weighted by atomic mass is 10.0. The van der Waals surface area contributed by atoms with E-state index in [9.17, 15) is 35.9 Å². The third-order valence-corrected chi connectivity index (χ3v) is 7.05. The lowest BCUT2D eigenvalue weighted by molar-refractivity contribution is -0.138. The molecule has 0 bridgehead atoms. The van der Waals surface area contributed by atoms with E-state index in [1.165, 1.54) is 38.5 Å². The number of halogens is 7. The van der Waals surface area contributed by atoms with Crippen molar-refractivity contribution in [2.75, 3.05) is 33.2 Å². The molecule has 0 N–H and O–H groups in total. The van der Waals surface area contributed by atoms with Crippen molar-refractivity contribution in [2.45, 2.75) is 24.6 Å². The number of anilines is 1. The molecule has 7 nitrogen and oxygen atoms in total. The Morgan fingerprint density at radius 3 is 1.65 bits per heavy atom. The van der Waals surface area contributed by atoms with Crippen LogP contribution in [0.5, 0.6) is 0 Å². The minimum atomic E-state index is -4.38. The minimum absolute atomic E-state index is 0.302. The van der Waals surface area contributed by atoms with Crippen molar-refractivity contribution >= 4 is 33.7 Å². The van der Waals surface area contributed by atoms with Crippen molar-refractivity contribution in [3.8, 4) is 22.5 Å². The van der Waals surface area contributed by atoms with Gasteiger partial charge < -0.3 is 14.4 Å².